The van der Waals surface area contributed by atoms with Crippen molar-refractivity contribution in [1.82, 2.24) is 4.98 Å². The summed E-state index contributed by atoms with van der Waals surface area (Å²) in [4.78, 5) is 2.83. The van der Waals surface area contributed by atoms with Crippen LogP contribution in [0.5, 0.6) is 0 Å². The molecule has 20 heavy (non-hydrogen) atoms. The highest BCUT2D eigenvalue weighted by atomic mass is 32.1. The molecule has 2 nitrogen and oxygen atoms in total. The molecule has 2 rings (SSSR count). The topological polar surface area (TPSA) is 33.1 Å². The van der Waals surface area contributed by atoms with E-state index in [0.717, 1.165) is 12.3 Å². The third-order valence-corrected chi connectivity index (χ3v) is 3.72. The fraction of sp³-hybridized carbons (Fsp3) is 0.250. The first kappa shape index (κ1) is 14.9. The van der Waals surface area contributed by atoms with Crippen LogP contribution in [0.4, 0.5) is 22.0 Å². The van der Waals surface area contributed by atoms with E-state index in [2.05, 4.69) is 4.98 Å². The SMILES string of the molecule is Cc1ccc(F)c(C(O)c2cnc(C(F)(F)F)s2)c1F. The van der Waals surface area contributed by atoms with E-state index in [-0.39, 0.29) is 21.8 Å². The van der Waals surface area contributed by atoms with Crippen LogP contribution in [0.15, 0.2) is 18.3 Å². The predicted molar refractivity (Wildman–Crippen MR) is 62.3 cm³/mol. The Morgan fingerprint density at radius 1 is 1.25 bits per heavy atom. The van der Waals surface area contributed by atoms with Crippen molar-refractivity contribution >= 4 is 11.3 Å². The summed E-state index contributed by atoms with van der Waals surface area (Å²) in [7, 11) is 0. The van der Waals surface area contributed by atoms with Crippen LogP contribution >= 0.6 is 11.3 Å². The van der Waals surface area contributed by atoms with Gasteiger partial charge in [0.2, 0.25) is 0 Å². The van der Waals surface area contributed by atoms with E-state index in [9.17, 15) is 27.1 Å². The van der Waals surface area contributed by atoms with Crippen LogP contribution in [0.3, 0.4) is 0 Å². The molecule has 8 heteroatoms. The molecule has 0 spiro atoms. The summed E-state index contributed by atoms with van der Waals surface area (Å²) in [6, 6.07) is 2.12. The zero-order valence-electron chi connectivity index (χ0n) is 10.0. The molecule has 0 fully saturated rings. The Kier molecular flexibility index (Phi) is 3.79. The van der Waals surface area contributed by atoms with Gasteiger partial charge in [0.25, 0.3) is 0 Å². The van der Waals surface area contributed by atoms with Gasteiger partial charge in [-0.1, -0.05) is 6.07 Å². The van der Waals surface area contributed by atoms with Crippen molar-refractivity contribution in [3.63, 3.8) is 0 Å². The molecular formula is C12H8F5NOS. The fourth-order valence-electron chi connectivity index (χ4n) is 1.62. The number of aromatic nitrogens is 1. The number of rotatable bonds is 2. The molecule has 1 N–H and O–H groups in total. The maximum atomic E-state index is 13.8. The van der Waals surface area contributed by atoms with Crippen molar-refractivity contribution in [2.24, 2.45) is 0 Å². The zero-order valence-corrected chi connectivity index (χ0v) is 10.8. The summed E-state index contributed by atoms with van der Waals surface area (Å²) in [6.45, 7) is 1.36. The van der Waals surface area contributed by atoms with Gasteiger partial charge in [-0.15, -0.1) is 11.3 Å². The number of alkyl halides is 3. The molecule has 0 aliphatic rings. The second-order valence-electron chi connectivity index (χ2n) is 4.06. The first-order valence-corrected chi connectivity index (χ1v) is 6.19. The van der Waals surface area contributed by atoms with Gasteiger partial charge in [0, 0.05) is 6.20 Å². The van der Waals surface area contributed by atoms with E-state index in [1.165, 1.54) is 13.0 Å². The van der Waals surface area contributed by atoms with Gasteiger partial charge in [-0.05, 0) is 18.6 Å². The third-order valence-electron chi connectivity index (χ3n) is 2.63. The standard InChI is InChI=1S/C12H8F5NOS/c1-5-2-3-6(13)8(9(5)14)10(19)7-4-18-11(20-7)12(15,16)17/h2-4,10,19H,1H3. The summed E-state index contributed by atoms with van der Waals surface area (Å²) in [5, 5.41) is 8.70. The molecule has 0 radical (unpaired) electrons. The maximum absolute atomic E-state index is 13.8. The monoisotopic (exact) mass is 309 g/mol. The van der Waals surface area contributed by atoms with Gasteiger partial charge < -0.3 is 5.11 Å². The number of benzene rings is 1. The normalized spacial score (nSPS) is 13.6. The van der Waals surface area contributed by atoms with Crippen molar-refractivity contribution in [1.29, 1.82) is 0 Å². The third kappa shape index (κ3) is 2.66. The molecule has 0 saturated carbocycles. The Hall–Kier alpha value is -1.54. The van der Waals surface area contributed by atoms with Crippen molar-refractivity contribution in [3.05, 3.63) is 51.0 Å². The predicted octanol–water partition coefficient (Wildman–Crippen LogP) is 3.83. The first-order valence-electron chi connectivity index (χ1n) is 5.37. The van der Waals surface area contributed by atoms with Gasteiger partial charge in [-0.2, -0.15) is 13.2 Å². The highest BCUT2D eigenvalue weighted by Gasteiger charge is 2.35. The molecule has 2 aromatic rings. The largest absolute Gasteiger partial charge is 0.443 e. The van der Waals surface area contributed by atoms with Crippen LogP contribution in [0.1, 0.15) is 27.1 Å². The van der Waals surface area contributed by atoms with E-state index < -0.39 is 34.5 Å². The molecule has 0 bridgehead atoms. The Balaban J connectivity index is 2.44. The summed E-state index contributed by atoms with van der Waals surface area (Å²) < 4.78 is 64.6. The summed E-state index contributed by atoms with van der Waals surface area (Å²) in [6.07, 6.45) is -5.73. The molecule has 0 amide bonds. The number of aryl methyl sites for hydroxylation is 1. The van der Waals surface area contributed by atoms with Gasteiger partial charge in [0.05, 0.1) is 10.4 Å². The summed E-state index contributed by atoms with van der Waals surface area (Å²) in [5.41, 5.74) is -0.594. The minimum atomic E-state index is -4.66. The highest BCUT2D eigenvalue weighted by Crippen LogP contribution is 2.37. The Bertz CT molecular complexity index is 637. The number of thiazole rings is 1. The fourth-order valence-corrected chi connectivity index (χ4v) is 2.39. The Labute approximate surface area is 114 Å². The van der Waals surface area contributed by atoms with Crippen LogP contribution in [0.2, 0.25) is 0 Å². The van der Waals surface area contributed by atoms with Gasteiger partial charge in [0.1, 0.15) is 17.7 Å². The van der Waals surface area contributed by atoms with E-state index in [0.29, 0.717) is 0 Å². The lowest BCUT2D eigenvalue weighted by Gasteiger charge is -2.12. The molecule has 1 unspecified atom stereocenters. The second-order valence-corrected chi connectivity index (χ2v) is 5.12. The van der Waals surface area contributed by atoms with Crippen LogP contribution < -0.4 is 0 Å². The molecule has 1 heterocycles. The van der Waals surface area contributed by atoms with Crippen LogP contribution in [-0.4, -0.2) is 10.1 Å². The molecule has 108 valence electrons. The molecule has 0 aliphatic heterocycles. The summed E-state index contributed by atoms with van der Waals surface area (Å²) >= 11 is 0.147. The number of halogens is 5. The molecular weight excluding hydrogens is 301 g/mol. The van der Waals surface area contributed by atoms with Crippen LogP contribution in [0, 0.1) is 18.6 Å². The van der Waals surface area contributed by atoms with Crippen molar-refractivity contribution in [2.45, 2.75) is 19.2 Å². The van der Waals surface area contributed by atoms with E-state index in [1.807, 2.05) is 0 Å². The van der Waals surface area contributed by atoms with E-state index >= 15 is 0 Å². The maximum Gasteiger partial charge on any atom is 0.443 e. The minimum absolute atomic E-state index is 0.0843. The van der Waals surface area contributed by atoms with Crippen molar-refractivity contribution in [3.8, 4) is 0 Å². The second kappa shape index (κ2) is 5.10. The Morgan fingerprint density at radius 3 is 2.45 bits per heavy atom. The lowest BCUT2D eigenvalue weighted by Crippen LogP contribution is -2.06. The van der Waals surface area contributed by atoms with Gasteiger partial charge in [0.15, 0.2) is 5.01 Å². The Morgan fingerprint density at radius 2 is 1.90 bits per heavy atom. The van der Waals surface area contributed by atoms with Gasteiger partial charge >= 0.3 is 6.18 Å². The number of aliphatic hydroxyl groups is 1. The smallest absolute Gasteiger partial charge is 0.383 e. The lowest BCUT2D eigenvalue weighted by atomic mass is 10.0. The average Bonchev–Trinajstić information content (AvgIpc) is 2.83. The van der Waals surface area contributed by atoms with Crippen LogP contribution in [-0.2, 0) is 6.18 Å². The molecule has 1 aromatic carbocycles. The van der Waals surface area contributed by atoms with Gasteiger partial charge in [-0.25, -0.2) is 13.8 Å². The quantitative estimate of drug-likeness (QED) is 0.855. The number of hydrogen-bond acceptors (Lipinski definition) is 3. The average molecular weight is 309 g/mol. The molecule has 0 saturated heterocycles. The van der Waals surface area contributed by atoms with E-state index in [1.54, 1.807) is 0 Å². The van der Waals surface area contributed by atoms with Gasteiger partial charge in [-0.3, -0.25) is 0 Å². The minimum Gasteiger partial charge on any atom is -0.383 e. The molecule has 1 aromatic heterocycles. The number of aliphatic hydroxyl groups excluding tert-OH is 1. The summed E-state index contributed by atoms with van der Waals surface area (Å²) in [5.74, 6) is -2.01. The number of hydrogen-bond donors (Lipinski definition) is 1. The molecule has 1 atom stereocenters. The number of nitrogens with zero attached hydrogens (tertiary/aromatic N) is 1. The lowest BCUT2D eigenvalue weighted by molar-refractivity contribution is -0.137. The van der Waals surface area contributed by atoms with Crippen molar-refractivity contribution in [2.75, 3.05) is 0 Å². The van der Waals surface area contributed by atoms with Crippen LogP contribution in [0.25, 0.3) is 0 Å². The van der Waals surface area contributed by atoms with Crippen molar-refractivity contribution < 1.29 is 27.1 Å². The molecule has 0 aliphatic carbocycles. The first-order chi connectivity index (χ1) is 9.21. The zero-order chi connectivity index (χ0) is 15.1. The highest BCUT2D eigenvalue weighted by molar-refractivity contribution is 7.11. The van der Waals surface area contributed by atoms with E-state index in [4.69, 9.17) is 0 Å².